The molecule has 0 fully saturated rings. The van der Waals surface area contributed by atoms with Crippen molar-refractivity contribution >= 4 is 17.5 Å². The van der Waals surface area contributed by atoms with Crippen molar-refractivity contribution in [2.75, 3.05) is 0 Å². The molecule has 3 aromatic rings. The van der Waals surface area contributed by atoms with E-state index in [1.54, 1.807) is 31.2 Å². The Morgan fingerprint density at radius 2 is 1.85 bits per heavy atom. The van der Waals surface area contributed by atoms with Crippen LogP contribution in [0.2, 0.25) is 5.02 Å². The van der Waals surface area contributed by atoms with Gasteiger partial charge in [0.15, 0.2) is 11.6 Å². The van der Waals surface area contributed by atoms with Crippen molar-refractivity contribution in [2.45, 2.75) is 19.5 Å². The van der Waals surface area contributed by atoms with Crippen molar-refractivity contribution in [2.24, 2.45) is 0 Å². The van der Waals surface area contributed by atoms with Gasteiger partial charge in [-0.1, -0.05) is 17.7 Å². The van der Waals surface area contributed by atoms with Gasteiger partial charge >= 0.3 is 5.69 Å². The van der Waals surface area contributed by atoms with Crippen LogP contribution in [-0.4, -0.2) is 25.7 Å². The van der Waals surface area contributed by atoms with Crippen LogP contribution >= 0.6 is 11.6 Å². The van der Waals surface area contributed by atoms with Crippen molar-refractivity contribution in [3.8, 4) is 5.69 Å². The molecule has 140 valence electrons. The number of halogens is 3. The second kappa shape index (κ2) is 7.67. The quantitative estimate of drug-likeness (QED) is 0.720. The van der Waals surface area contributed by atoms with E-state index >= 15 is 0 Å². The van der Waals surface area contributed by atoms with Crippen molar-refractivity contribution in [3.63, 3.8) is 0 Å². The molecule has 1 heterocycles. The van der Waals surface area contributed by atoms with E-state index in [0.29, 0.717) is 16.3 Å². The van der Waals surface area contributed by atoms with Crippen LogP contribution < -0.4 is 11.0 Å². The number of benzene rings is 2. The number of rotatable bonds is 5. The van der Waals surface area contributed by atoms with Gasteiger partial charge in [-0.05, 0) is 59.3 Å². The molecule has 10 heteroatoms. The minimum absolute atomic E-state index is 0.375. The van der Waals surface area contributed by atoms with E-state index < -0.39 is 29.3 Å². The third kappa shape index (κ3) is 4.20. The second-order valence-corrected chi connectivity index (χ2v) is 6.21. The molecule has 1 atom stereocenters. The molecule has 0 unspecified atom stereocenters. The van der Waals surface area contributed by atoms with E-state index in [9.17, 15) is 18.4 Å². The first-order valence-electron chi connectivity index (χ1n) is 7.88. The Morgan fingerprint density at radius 1 is 1.15 bits per heavy atom. The Hall–Kier alpha value is -3.07. The first-order valence-corrected chi connectivity index (χ1v) is 8.26. The van der Waals surface area contributed by atoms with Crippen LogP contribution in [0.1, 0.15) is 18.5 Å². The summed E-state index contributed by atoms with van der Waals surface area (Å²) >= 11 is 5.80. The number of hydrogen-bond acceptors (Lipinski definition) is 4. The molecule has 2 aromatic carbocycles. The Morgan fingerprint density at radius 3 is 2.52 bits per heavy atom. The van der Waals surface area contributed by atoms with Crippen LogP contribution in [0.15, 0.2) is 47.3 Å². The van der Waals surface area contributed by atoms with E-state index in [-0.39, 0.29) is 6.54 Å². The van der Waals surface area contributed by atoms with Gasteiger partial charge in [0, 0.05) is 5.02 Å². The molecule has 0 spiro atoms. The summed E-state index contributed by atoms with van der Waals surface area (Å²) in [5, 5.41) is 10.5. The number of carbonyl (C=O) groups is 1. The zero-order valence-corrected chi connectivity index (χ0v) is 14.8. The molecule has 1 N–H and O–H groups in total. The van der Waals surface area contributed by atoms with E-state index in [1.807, 2.05) is 0 Å². The largest absolute Gasteiger partial charge is 0.368 e. The van der Waals surface area contributed by atoms with E-state index in [4.69, 9.17) is 11.6 Å². The summed E-state index contributed by atoms with van der Waals surface area (Å²) in [4.78, 5) is 24.5. The molecule has 0 bridgehead atoms. The second-order valence-electron chi connectivity index (χ2n) is 5.77. The summed E-state index contributed by atoms with van der Waals surface area (Å²) in [5.41, 5.74) is 0.235. The van der Waals surface area contributed by atoms with Gasteiger partial charge in [0.25, 0.3) is 0 Å². The van der Waals surface area contributed by atoms with Crippen molar-refractivity contribution in [1.29, 1.82) is 0 Å². The summed E-state index contributed by atoms with van der Waals surface area (Å²) in [7, 11) is 0. The standard InChI is InChI=1S/C17H14ClF2N5O2/c1-10(11-2-7-14(19)15(20)8-11)21-16(26)9-24-17(27)25(23-22-24)13-5-3-12(18)4-6-13/h2-8,10H,9H2,1H3,(H,21,26)/t10-/m0/s1. The highest BCUT2D eigenvalue weighted by Crippen LogP contribution is 2.16. The smallest absolute Gasteiger partial charge is 0.348 e. The molecular formula is C17H14ClF2N5O2. The maximum atomic E-state index is 13.3. The van der Waals surface area contributed by atoms with Crippen LogP contribution in [0.4, 0.5) is 8.78 Å². The average Bonchev–Trinajstić information content (AvgIpc) is 2.98. The molecular weight excluding hydrogens is 380 g/mol. The van der Waals surface area contributed by atoms with E-state index in [0.717, 1.165) is 21.5 Å². The number of hydrogen-bond donors (Lipinski definition) is 1. The van der Waals surface area contributed by atoms with E-state index in [1.165, 1.54) is 6.07 Å². The predicted octanol–water partition coefficient (Wildman–Crippen LogP) is 2.24. The number of amides is 1. The molecule has 0 aliphatic heterocycles. The Bertz CT molecular complexity index is 1030. The number of aromatic nitrogens is 4. The molecule has 7 nitrogen and oxygen atoms in total. The van der Waals surface area contributed by atoms with Gasteiger partial charge in [0.1, 0.15) is 6.54 Å². The molecule has 3 rings (SSSR count). The van der Waals surface area contributed by atoms with Crippen LogP contribution in [-0.2, 0) is 11.3 Å². The summed E-state index contributed by atoms with van der Waals surface area (Å²) in [6.07, 6.45) is 0. The molecule has 0 aliphatic rings. The van der Waals surface area contributed by atoms with Crippen LogP contribution in [0.25, 0.3) is 5.69 Å². The maximum Gasteiger partial charge on any atom is 0.368 e. The van der Waals surface area contributed by atoms with Gasteiger partial charge in [-0.2, -0.15) is 9.36 Å². The first kappa shape index (κ1) is 18.7. The SMILES string of the molecule is C[C@H](NC(=O)Cn1nnn(-c2ccc(Cl)cc2)c1=O)c1ccc(F)c(F)c1. The summed E-state index contributed by atoms with van der Waals surface area (Å²) in [5.74, 6) is -2.50. The van der Waals surface area contributed by atoms with Gasteiger partial charge in [0.2, 0.25) is 5.91 Å². The van der Waals surface area contributed by atoms with Crippen molar-refractivity contribution in [1.82, 2.24) is 25.1 Å². The average molecular weight is 394 g/mol. The minimum atomic E-state index is -1.00. The topological polar surface area (TPSA) is 81.8 Å². The number of nitrogens with one attached hydrogen (secondary N) is 1. The van der Waals surface area contributed by atoms with Gasteiger partial charge in [-0.25, -0.2) is 13.6 Å². The summed E-state index contributed by atoms with van der Waals surface area (Å²) in [6, 6.07) is 9.14. The van der Waals surface area contributed by atoms with Crippen molar-refractivity contribution < 1.29 is 13.6 Å². The zero-order valence-electron chi connectivity index (χ0n) is 14.1. The zero-order chi connectivity index (χ0) is 19.6. The fourth-order valence-corrected chi connectivity index (χ4v) is 2.53. The molecule has 1 aromatic heterocycles. The number of carbonyl (C=O) groups excluding carboxylic acids is 1. The highest BCUT2D eigenvalue weighted by atomic mass is 35.5. The lowest BCUT2D eigenvalue weighted by atomic mass is 10.1. The highest BCUT2D eigenvalue weighted by molar-refractivity contribution is 6.30. The lowest BCUT2D eigenvalue weighted by Crippen LogP contribution is -2.34. The van der Waals surface area contributed by atoms with Gasteiger partial charge in [-0.3, -0.25) is 4.79 Å². The molecule has 27 heavy (non-hydrogen) atoms. The number of tetrazole rings is 1. The monoisotopic (exact) mass is 393 g/mol. The Kier molecular flexibility index (Phi) is 5.31. The molecule has 0 saturated carbocycles. The summed E-state index contributed by atoms with van der Waals surface area (Å²) in [6.45, 7) is 1.23. The third-order valence-corrected chi connectivity index (χ3v) is 4.08. The van der Waals surface area contributed by atoms with Gasteiger partial charge in [0.05, 0.1) is 11.7 Å². The summed E-state index contributed by atoms with van der Waals surface area (Å²) < 4.78 is 28.2. The normalized spacial score (nSPS) is 12.0. The Balaban J connectivity index is 1.70. The Labute approximate surface area is 157 Å². The highest BCUT2D eigenvalue weighted by Gasteiger charge is 2.15. The lowest BCUT2D eigenvalue weighted by molar-refractivity contribution is -0.122. The fraction of sp³-hybridized carbons (Fsp3) is 0.176. The van der Waals surface area contributed by atoms with Crippen LogP contribution in [0.3, 0.4) is 0 Å². The predicted molar refractivity (Wildman–Crippen MR) is 93.5 cm³/mol. The van der Waals surface area contributed by atoms with Crippen LogP contribution in [0, 0.1) is 11.6 Å². The first-order chi connectivity index (χ1) is 12.8. The molecule has 0 radical (unpaired) electrons. The third-order valence-electron chi connectivity index (χ3n) is 3.83. The fourth-order valence-electron chi connectivity index (χ4n) is 2.41. The molecule has 0 aliphatic carbocycles. The maximum absolute atomic E-state index is 13.3. The van der Waals surface area contributed by atoms with E-state index in [2.05, 4.69) is 15.7 Å². The lowest BCUT2D eigenvalue weighted by Gasteiger charge is -2.14. The molecule has 0 saturated heterocycles. The van der Waals surface area contributed by atoms with Gasteiger partial charge in [-0.15, -0.1) is 0 Å². The van der Waals surface area contributed by atoms with Gasteiger partial charge < -0.3 is 5.32 Å². The minimum Gasteiger partial charge on any atom is -0.348 e. The van der Waals surface area contributed by atoms with Crippen LogP contribution in [0.5, 0.6) is 0 Å². The number of nitrogens with zero attached hydrogens (tertiary/aromatic N) is 4. The molecule has 1 amide bonds. The van der Waals surface area contributed by atoms with Crippen molar-refractivity contribution in [3.05, 3.63) is 75.2 Å².